The van der Waals surface area contributed by atoms with Crippen LogP contribution in [0.5, 0.6) is 11.5 Å². The number of hydrogen-bond acceptors (Lipinski definition) is 2. The summed E-state index contributed by atoms with van der Waals surface area (Å²) in [5.41, 5.74) is 1.12. The maximum absolute atomic E-state index is 13.5. The van der Waals surface area contributed by atoms with Gasteiger partial charge in [-0.05, 0) is 61.6 Å². The minimum absolute atomic E-state index is 0.00690. The molecular formula is C21H24F4O2. The Bertz CT molecular complexity index is 683. The van der Waals surface area contributed by atoms with Crippen LogP contribution in [0.25, 0.3) is 0 Å². The average molecular weight is 384 g/mol. The first-order chi connectivity index (χ1) is 12.9. The van der Waals surface area contributed by atoms with Gasteiger partial charge >= 0.3 is 6.18 Å². The maximum Gasteiger partial charge on any atom is 0.395 e. The Hall–Kier alpha value is -2.24. The minimum atomic E-state index is -4.31. The van der Waals surface area contributed by atoms with Crippen molar-refractivity contribution < 1.29 is 27.0 Å². The topological polar surface area (TPSA) is 18.5 Å². The molecule has 27 heavy (non-hydrogen) atoms. The van der Waals surface area contributed by atoms with Crippen LogP contribution < -0.4 is 9.47 Å². The van der Waals surface area contributed by atoms with E-state index in [1.807, 2.05) is 13.0 Å². The summed E-state index contributed by atoms with van der Waals surface area (Å²) in [5, 5.41) is 0. The number of rotatable bonds is 10. The molecule has 1 atom stereocenters. The van der Waals surface area contributed by atoms with Crippen LogP contribution in [0.1, 0.15) is 36.8 Å². The SMILES string of the molecule is CCOc1ccc(C(CCCc2cccc(OCCF)c2)C(F)(F)F)cc1. The van der Waals surface area contributed by atoms with Gasteiger partial charge in [-0.2, -0.15) is 13.2 Å². The third-order valence-electron chi connectivity index (χ3n) is 4.19. The summed E-state index contributed by atoms with van der Waals surface area (Å²) in [6, 6.07) is 13.2. The van der Waals surface area contributed by atoms with Crippen molar-refractivity contribution in [2.45, 2.75) is 38.3 Å². The van der Waals surface area contributed by atoms with Crippen molar-refractivity contribution in [2.24, 2.45) is 0 Å². The fraction of sp³-hybridized carbons (Fsp3) is 0.429. The van der Waals surface area contributed by atoms with Gasteiger partial charge in [-0.25, -0.2) is 4.39 Å². The number of alkyl halides is 4. The highest BCUT2D eigenvalue weighted by atomic mass is 19.4. The van der Waals surface area contributed by atoms with E-state index in [9.17, 15) is 17.6 Å². The predicted octanol–water partition coefficient (Wildman–Crippen LogP) is 6.10. The van der Waals surface area contributed by atoms with Crippen molar-refractivity contribution >= 4 is 0 Å². The second-order valence-electron chi connectivity index (χ2n) is 6.17. The Kier molecular flexibility index (Phi) is 7.95. The van der Waals surface area contributed by atoms with Crippen molar-refractivity contribution in [1.82, 2.24) is 0 Å². The van der Waals surface area contributed by atoms with Crippen LogP contribution in [-0.4, -0.2) is 26.1 Å². The van der Waals surface area contributed by atoms with Gasteiger partial charge in [0.05, 0.1) is 12.5 Å². The highest BCUT2D eigenvalue weighted by Gasteiger charge is 2.40. The molecule has 0 saturated carbocycles. The third kappa shape index (κ3) is 6.77. The fourth-order valence-electron chi connectivity index (χ4n) is 2.94. The average Bonchev–Trinajstić information content (AvgIpc) is 2.64. The first kappa shape index (κ1) is 21.1. The molecular weight excluding hydrogens is 360 g/mol. The monoisotopic (exact) mass is 384 g/mol. The molecule has 0 aliphatic heterocycles. The summed E-state index contributed by atoms with van der Waals surface area (Å²) in [7, 11) is 0. The van der Waals surface area contributed by atoms with E-state index in [4.69, 9.17) is 9.47 Å². The Morgan fingerprint density at radius 1 is 0.963 bits per heavy atom. The first-order valence-corrected chi connectivity index (χ1v) is 9.01. The molecule has 0 aromatic heterocycles. The van der Waals surface area contributed by atoms with E-state index >= 15 is 0 Å². The number of ether oxygens (including phenoxy) is 2. The van der Waals surface area contributed by atoms with Gasteiger partial charge < -0.3 is 9.47 Å². The number of benzene rings is 2. The summed E-state index contributed by atoms with van der Waals surface area (Å²) in [5.74, 6) is -0.421. The van der Waals surface area contributed by atoms with Crippen molar-refractivity contribution in [3.05, 3.63) is 59.7 Å². The quantitative estimate of drug-likeness (QED) is 0.461. The van der Waals surface area contributed by atoms with E-state index in [2.05, 4.69) is 0 Å². The minimum Gasteiger partial charge on any atom is -0.494 e. The zero-order valence-corrected chi connectivity index (χ0v) is 15.3. The highest BCUT2D eigenvalue weighted by Crippen LogP contribution is 2.39. The normalized spacial score (nSPS) is 12.6. The third-order valence-corrected chi connectivity index (χ3v) is 4.19. The molecule has 0 radical (unpaired) electrons. The van der Waals surface area contributed by atoms with Gasteiger partial charge in [0.25, 0.3) is 0 Å². The molecule has 0 saturated heterocycles. The molecule has 0 amide bonds. The standard InChI is InChI=1S/C21H24F4O2/c1-2-26-18-11-9-17(10-12-18)20(21(23,24)25)8-4-6-16-5-3-7-19(15-16)27-14-13-22/h3,5,7,9-12,15,20H,2,4,6,8,13-14H2,1H3. The first-order valence-electron chi connectivity index (χ1n) is 9.01. The van der Waals surface area contributed by atoms with Gasteiger partial charge in [0.2, 0.25) is 0 Å². The van der Waals surface area contributed by atoms with Gasteiger partial charge in [-0.3, -0.25) is 0 Å². The zero-order chi connectivity index (χ0) is 19.7. The lowest BCUT2D eigenvalue weighted by Gasteiger charge is -2.21. The molecule has 0 spiro atoms. The molecule has 2 nitrogen and oxygen atoms in total. The second kappa shape index (κ2) is 10.2. The van der Waals surface area contributed by atoms with E-state index in [0.717, 1.165) is 5.56 Å². The second-order valence-corrected chi connectivity index (χ2v) is 6.17. The smallest absolute Gasteiger partial charge is 0.395 e. The summed E-state index contributed by atoms with van der Waals surface area (Å²) in [4.78, 5) is 0. The maximum atomic E-state index is 13.5. The molecule has 0 aliphatic rings. The molecule has 0 bridgehead atoms. The van der Waals surface area contributed by atoms with E-state index in [1.54, 1.807) is 30.3 Å². The van der Waals surface area contributed by atoms with E-state index in [1.165, 1.54) is 12.1 Å². The molecule has 1 unspecified atom stereocenters. The molecule has 6 heteroatoms. The summed E-state index contributed by atoms with van der Waals surface area (Å²) < 4.78 is 63.2. The van der Waals surface area contributed by atoms with Crippen LogP contribution >= 0.6 is 0 Å². The van der Waals surface area contributed by atoms with Crippen molar-refractivity contribution in [3.8, 4) is 11.5 Å². The lowest BCUT2D eigenvalue weighted by atomic mass is 9.92. The molecule has 2 rings (SSSR count). The fourth-order valence-corrected chi connectivity index (χ4v) is 2.94. The number of halogens is 4. The number of aryl methyl sites for hydroxylation is 1. The van der Waals surface area contributed by atoms with Crippen LogP contribution in [0, 0.1) is 0 Å². The lowest BCUT2D eigenvalue weighted by molar-refractivity contribution is -0.152. The molecule has 0 fully saturated rings. The molecule has 148 valence electrons. The van der Waals surface area contributed by atoms with E-state index in [0.29, 0.717) is 30.9 Å². The van der Waals surface area contributed by atoms with Crippen LogP contribution in [0.4, 0.5) is 17.6 Å². The van der Waals surface area contributed by atoms with Gasteiger partial charge in [0.15, 0.2) is 0 Å². The molecule has 0 aliphatic carbocycles. The Morgan fingerprint density at radius 3 is 2.33 bits per heavy atom. The largest absolute Gasteiger partial charge is 0.494 e. The van der Waals surface area contributed by atoms with Gasteiger partial charge in [-0.1, -0.05) is 24.3 Å². The lowest BCUT2D eigenvalue weighted by Crippen LogP contribution is -2.21. The molecule has 2 aromatic carbocycles. The van der Waals surface area contributed by atoms with Crippen LogP contribution in [0.15, 0.2) is 48.5 Å². The highest BCUT2D eigenvalue weighted by molar-refractivity contribution is 5.31. The van der Waals surface area contributed by atoms with Crippen LogP contribution in [-0.2, 0) is 6.42 Å². The van der Waals surface area contributed by atoms with E-state index in [-0.39, 0.29) is 18.6 Å². The van der Waals surface area contributed by atoms with Gasteiger partial charge in [-0.15, -0.1) is 0 Å². The van der Waals surface area contributed by atoms with Crippen LogP contribution in [0.3, 0.4) is 0 Å². The van der Waals surface area contributed by atoms with Gasteiger partial charge in [0.1, 0.15) is 24.8 Å². The summed E-state index contributed by atoms with van der Waals surface area (Å²) in [6.45, 7) is 1.68. The van der Waals surface area contributed by atoms with Crippen molar-refractivity contribution in [3.63, 3.8) is 0 Å². The number of hydrogen-bond donors (Lipinski definition) is 0. The summed E-state index contributed by atoms with van der Waals surface area (Å²) in [6.07, 6.45) is -3.44. The molecule has 2 aromatic rings. The van der Waals surface area contributed by atoms with Crippen molar-refractivity contribution in [2.75, 3.05) is 19.9 Å². The molecule has 0 heterocycles. The Balaban J connectivity index is 1.99. The predicted molar refractivity (Wildman–Crippen MR) is 97.3 cm³/mol. The zero-order valence-electron chi connectivity index (χ0n) is 15.3. The van der Waals surface area contributed by atoms with E-state index < -0.39 is 18.8 Å². The van der Waals surface area contributed by atoms with Crippen molar-refractivity contribution in [1.29, 1.82) is 0 Å². The molecule has 0 N–H and O–H groups in total. The Morgan fingerprint density at radius 2 is 1.70 bits per heavy atom. The van der Waals surface area contributed by atoms with Crippen LogP contribution in [0.2, 0.25) is 0 Å². The van der Waals surface area contributed by atoms with Gasteiger partial charge in [0, 0.05) is 0 Å². The summed E-state index contributed by atoms with van der Waals surface area (Å²) >= 11 is 0. The Labute approximate surface area is 157 Å².